The molecule has 21 aromatic rings. The Bertz CT molecular complexity index is 6660. The molecule has 8 heteroatoms. The van der Waals surface area contributed by atoms with Crippen LogP contribution in [0.3, 0.4) is 0 Å². The molecule has 6 nitrogen and oxygen atoms in total. The molecule has 0 fully saturated rings. The molecule has 0 radical (unpaired) electrons. The van der Waals surface area contributed by atoms with E-state index < -0.39 is 0 Å². The van der Waals surface area contributed by atoms with Gasteiger partial charge in [-0.05, 0) is 101 Å². The standard InChI is InChI=1S/C84H47N3O3S2/c1-3-17-48(18-4-1)56-25-13-27-63-59-40-36-52(45-72(59)88-80(56)63)85(69-31-15-29-65-61-23-9-11-33-75(61)91-83(65)69)51-35-39-58-68-43-50-21-7-8-22-55(50)77-78(68)87(71(58)44-51)79-67-42-38-54(47-74(67)90-82(77)79)86(70-32-16-30-66-62-24-10-12-34-76(62)92-84(66)70)53-37-41-60-64-28-14-26-57(49-19-5-2-6-20-49)81(64)89-73(60)46-53/h1-47H. The summed E-state index contributed by atoms with van der Waals surface area (Å²) >= 11 is 3.67. The van der Waals surface area contributed by atoms with E-state index in [-0.39, 0.29) is 0 Å². The summed E-state index contributed by atoms with van der Waals surface area (Å²) in [4.78, 5) is 4.83. The summed E-state index contributed by atoms with van der Waals surface area (Å²) in [5.41, 5.74) is 18.9. The van der Waals surface area contributed by atoms with Crippen molar-refractivity contribution in [3.05, 3.63) is 285 Å². The van der Waals surface area contributed by atoms with Crippen LogP contribution in [0.2, 0.25) is 0 Å². The van der Waals surface area contributed by atoms with E-state index in [0.29, 0.717) is 0 Å². The minimum absolute atomic E-state index is 0.802. The van der Waals surface area contributed by atoms with Crippen molar-refractivity contribution in [3.63, 3.8) is 0 Å². The fourth-order valence-corrected chi connectivity index (χ4v) is 17.7. The Balaban J connectivity index is 0.794. The molecule has 7 aromatic heterocycles. The van der Waals surface area contributed by atoms with Gasteiger partial charge in [0, 0.05) is 121 Å². The maximum atomic E-state index is 7.47. The van der Waals surface area contributed by atoms with Gasteiger partial charge in [0.05, 0.1) is 37.2 Å². The smallest absolute Gasteiger partial charge is 0.162 e. The minimum Gasteiger partial charge on any atom is -0.455 e. The third kappa shape index (κ3) is 7.07. The highest BCUT2D eigenvalue weighted by Gasteiger charge is 2.29. The number of anilines is 6. The van der Waals surface area contributed by atoms with Crippen molar-refractivity contribution in [1.29, 1.82) is 0 Å². The molecule has 0 aliphatic rings. The number of hydrogen-bond donors (Lipinski definition) is 0. The molecule has 0 N–H and O–H groups in total. The number of para-hydroxylation sites is 2. The highest BCUT2D eigenvalue weighted by atomic mass is 32.1. The predicted octanol–water partition coefficient (Wildman–Crippen LogP) is 25.5. The number of thiophene rings is 2. The molecule has 0 aliphatic heterocycles. The largest absolute Gasteiger partial charge is 0.455 e. The van der Waals surface area contributed by atoms with Crippen LogP contribution in [0.1, 0.15) is 0 Å². The maximum absolute atomic E-state index is 7.47. The summed E-state index contributed by atoms with van der Waals surface area (Å²) in [6.45, 7) is 0. The lowest BCUT2D eigenvalue weighted by Gasteiger charge is -2.26. The first-order chi connectivity index (χ1) is 45.6. The van der Waals surface area contributed by atoms with Crippen LogP contribution in [0.15, 0.2) is 298 Å². The van der Waals surface area contributed by atoms with E-state index in [1.165, 1.54) is 56.5 Å². The van der Waals surface area contributed by atoms with Crippen LogP contribution in [-0.4, -0.2) is 4.40 Å². The van der Waals surface area contributed by atoms with Crippen LogP contribution in [0.5, 0.6) is 0 Å². The molecule has 21 rings (SSSR count). The van der Waals surface area contributed by atoms with E-state index in [2.05, 4.69) is 299 Å². The summed E-state index contributed by atoms with van der Waals surface area (Å²) in [5.74, 6) is 0. The Morgan fingerprint density at radius 1 is 0.283 bits per heavy atom. The van der Waals surface area contributed by atoms with E-state index in [0.717, 1.165) is 144 Å². The lowest BCUT2D eigenvalue weighted by molar-refractivity contribution is 0.669. The van der Waals surface area contributed by atoms with Crippen LogP contribution in [-0.2, 0) is 0 Å². The molecule has 0 unspecified atom stereocenters. The second-order valence-electron chi connectivity index (χ2n) is 24.2. The Hall–Kier alpha value is -11.7. The van der Waals surface area contributed by atoms with Crippen molar-refractivity contribution in [2.45, 2.75) is 0 Å². The van der Waals surface area contributed by atoms with Crippen molar-refractivity contribution in [2.75, 3.05) is 9.80 Å². The Morgan fingerprint density at radius 2 is 0.717 bits per heavy atom. The van der Waals surface area contributed by atoms with Crippen LogP contribution in [0.4, 0.5) is 34.1 Å². The molecule has 0 saturated carbocycles. The van der Waals surface area contributed by atoms with Crippen molar-refractivity contribution in [3.8, 4) is 22.3 Å². The van der Waals surface area contributed by atoms with Gasteiger partial charge in [0.2, 0.25) is 0 Å². The van der Waals surface area contributed by atoms with Gasteiger partial charge in [0.25, 0.3) is 0 Å². The van der Waals surface area contributed by atoms with Crippen molar-refractivity contribution in [2.24, 2.45) is 0 Å². The molecule has 0 bridgehead atoms. The fraction of sp³-hybridized carbons (Fsp3) is 0. The number of furan rings is 3. The Kier molecular flexibility index (Phi) is 10.3. The molecule has 92 heavy (non-hydrogen) atoms. The van der Waals surface area contributed by atoms with Crippen molar-refractivity contribution < 1.29 is 13.3 Å². The predicted molar refractivity (Wildman–Crippen MR) is 389 cm³/mol. The topological polar surface area (TPSA) is 50.3 Å². The second kappa shape index (κ2) is 18.9. The zero-order chi connectivity index (χ0) is 59.9. The van der Waals surface area contributed by atoms with Gasteiger partial charge in [0.1, 0.15) is 33.4 Å². The molecular formula is C84H47N3O3S2. The normalized spacial score (nSPS) is 12.3. The monoisotopic (exact) mass is 1210 g/mol. The number of rotatable bonds is 8. The summed E-state index contributed by atoms with van der Waals surface area (Å²) in [7, 11) is 0. The highest BCUT2D eigenvalue weighted by molar-refractivity contribution is 7.26. The van der Waals surface area contributed by atoms with Gasteiger partial charge >= 0.3 is 0 Å². The number of fused-ring (bicyclic) bond motifs is 22. The van der Waals surface area contributed by atoms with Gasteiger partial charge in [-0.15, -0.1) is 22.7 Å². The van der Waals surface area contributed by atoms with E-state index in [1.54, 1.807) is 0 Å². The molecule has 428 valence electrons. The third-order valence-electron chi connectivity index (χ3n) is 19.3. The summed E-state index contributed by atoms with van der Waals surface area (Å²) in [6, 6.07) is 103. The lowest BCUT2D eigenvalue weighted by atomic mass is 10.0. The molecule has 0 atom stereocenters. The highest BCUT2D eigenvalue weighted by Crippen LogP contribution is 2.53. The van der Waals surface area contributed by atoms with Gasteiger partial charge in [-0.25, -0.2) is 0 Å². The van der Waals surface area contributed by atoms with Gasteiger partial charge in [0.15, 0.2) is 5.58 Å². The van der Waals surface area contributed by atoms with Crippen LogP contribution in [0.25, 0.3) is 167 Å². The number of nitrogens with zero attached hydrogens (tertiary/aromatic N) is 3. The molecule has 0 aliphatic carbocycles. The van der Waals surface area contributed by atoms with Crippen LogP contribution in [0, 0.1) is 0 Å². The summed E-state index contributed by atoms with van der Waals surface area (Å²) in [5, 5.41) is 16.1. The SMILES string of the molecule is c1ccc(-c2cccc3c2oc2cc(N(c4ccc5c(c4)oc4c6c7ccccc7cc7c8ccc(N(c9ccc%10c(c9)oc9c(-c%11ccccc%11)cccc9%10)c9cccc%10c9sc9ccccc9%10)cc8n(c54)c76)c4cccc5c4sc4ccccc45)ccc23)cc1. The zero-order valence-electron chi connectivity index (χ0n) is 49.0. The van der Waals surface area contributed by atoms with Gasteiger partial charge in [-0.2, -0.15) is 0 Å². The first kappa shape index (κ1) is 50.2. The Morgan fingerprint density at radius 3 is 1.28 bits per heavy atom. The van der Waals surface area contributed by atoms with E-state index in [1.807, 2.05) is 22.7 Å². The molecule has 7 heterocycles. The maximum Gasteiger partial charge on any atom is 0.162 e. The second-order valence-corrected chi connectivity index (χ2v) is 26.3. The van der Waals surface area contributed by atoms with Gasteiger partial charge in [-0.3, -0.25) is 0 Å². The van der Waals surface area contributed by atoms with E-state index in [9.17, 15) is 0 Å². The average Bonchev–Trinajstić information content (AvgIpc) is 1.52. The van der Waals surface area contributed by atoms with E-state index >= 15 is 0 Å². The zero-order valence-corrected chi connectivity index (χ0v) is 50.7. The average molecular weight is 1210 g/mol. The molecule has 0 amide bonds. The van der Waals surface area contributed by atoms with Crippen LogP contribution < -0.4 is 9.80 Å². The summed E-state index contributed by atoms with van der Waals surface area (Å²) in [6.07, 6.45) is 0. The van der Waals surface area contributed by atoms with Crippen molar-refractivity contribution in [1.82, 2.24) is 4.40 Å². The fourth-order valence-electron chi connectivity index (χ4n) is 15.2. The molecule has 0 spiro atoms. The number of hydrogen-bond acceptors (Lipinski definition) is 7. The number of benzene rings is 14. The van der Waals surface area contributed by atoms with Gasteiger partial charge in [-0.1, -0.05) is 188 Å². The van der Waals surface area contributed by atoms with E-state index in [4.69, 9.17) is 13.3 Å². The molecular weight excluding hydrogens is 1160 g/mol. The van der Waals surface area contributed by atoms with Crippen LogP contribution >= 0.6 is 22.7 Å². The van der Waals surface area contributed by atoms with Gasteiger partial charge < -0.3 is 27.5 Å². The summed E-state index contributed by atoms with van der Waals surface area (Å²) < 4.78 is 28.9. The number of aromatic nitrogens is 1. The minimum atomic E-state index is 0.802. The lowest BCUT2D eigenvalue weighted by Crippen LogP contribution is -2.10. The third-order valence-corrected chi connectivity index (χ3v) is 21.7. The first-order valence-corrected chi connectivity index (χ1v) is 32.7. The van der Waals surface area contributed by atoms with Crippen molar-refractivity contribution >= 4 is 201 Å². The first-order valence-electron chi connectivity index (χ1n) is 31.1. The molecule has 14 aromatic carbocycles. The Labute approximate surface area is 532 Å². The quantitative estimate of drug-likeness (QED) is 0.152. The molecule has 0 saturated heterocycles.